The van der Waals surface area contributed by atoms with Gasteiger partial charge in [0.15, 0.2) is 12.2 Å². The van der Waals surface area contributed by atoms with Crippen LogP contribution in [-0.4, -0.2) is 23.3 Å². The second kappa shape index (κ2) is 7.35. The Kier molecular flexibility index (Phi) is 4.99. The summed E-state index contributed by atoms with van der Waals surface area (Å²) in [5.41, 5.74) is 3.69. The van der Waals surface area contributed by atoms with E-state index in [0.717, 1.165) is 30.4 Å². The lowest BCUT2D eigenvalue weighted by atomic mass is 9.87. The molecule has 2 aromatic rings. The molecule has 5 nitrogen and oxygen atoms in total. The smallest absolute Gasteiger partial charge is 0.384 e. The summed E-state index contributed by atoms with van der Waals surface area (Å²) in [5.74, 6) is 4.58. The molecule has 0 saturated carbocycles. The lowest BCUT2D eigenvalue weighted by Crippen LogP contribution is -2.11. The third-order valence-electron chi connectivity index (χ3n) is 4.33. The first-order valence-electron chi connectivity index (χ1n) is 8.38. The van der Waals surface area contributed by atoms with E-state index in [1.807, 2.05) is 13.0 Å². The predicted molar refractivity (Wildman–Crippen MR) is 91.2 cm³/mol. The van der Waals surface area contributed by atoms with Gasteiger partial charge in [0.05, 0.1) is 12.8 Å². The molecule has 1 heterocycles. The number of ether oxygens (including phenoxy) is 1. The molecule has 1 aliphatic carbocycles. The summed E-state index contributed by atoms with van der Waals surface area (Å²) < 4.78 is 10.0. The fourth-order valence-electron chi connectivity index (χ4n) is 3.18. The highest BCUT2D eigenvalue weighted by Gasteiger charge is 2.26. The van der Waals surface area contributed by atoms with Gasteiger partial charge in [-0.25, -0.2) is 9.78 Å². The van der Waals surface area contributed by atoms with Crippen LogP contribution < -0.4 is 0 Å². The number of hydrogen-bond acceptors (Lipinski definition) is 5. The van der Waals surface area contributed by atoms with Crippen molar-refractivity contribution < 1.29 is 18.7 Å². The van der Waals surface area contributed by atoms with Crippen molar-refractivity contribution in [2.75, 3.05) is 6.61 Å². The van der Waals surface area contributed by atoms with Crippen molar-refractivity contribution in [3.05, 3.63) is 52.7 Å². The maximum Gasteiger partial charge on any atom is 0.384 e. The summed E-state index contributed by atoms with van der Waals surface area (Å²) in [5, 5.41) is 0. The average molecular weight is 337 g/mol. The summed E-state index contributed by atoms with van der Waals surface area (Å²) in [6.45, 7) is 3.90. The molecule has 1 aromatic carbocycles. The number of aromatic nitrogens is 1. The van der Waals surface area contributed by atoms with Gasteiger partial charge < -0.3 is 9.15 Å². The number of ketones is 1. The standard InChI is InChI=1S/C20H19NO4/c1-3-24-18(22)10-7-13(2)15-9-8-14-5-4-6-16(14)19(15)20(23)17-11-21-12-25-17/h8-9,11-13H,3-6H2,1-2H3. The third-order valence-corrected chi connectivity index (χ3v) is 4.33. The van der Waals surface area contributed by atoms with Crippen LogP contribution in [0.15, 0.2) is 29.1 Å². The van der Waals surface area contributed by atoms with E-state index in [0.29, 0.717) is 5.56 Å². The molecule has 1 atom stereocenters. The van der Waals surface area contributed by atoms with Crippen molar-refractivity contribution in [1.29, 1.82) is 0 Å². The van der Waals surface area contributed by atoms with Gasteiger partial charge in [-0.15, -0.1) is 0 Å². The van der Waals surface area contributed by atoms with E-state index in [1.54, 1.807) is 6.92 Å². The lowest BCUT2D eigenvalue weighted by molar-refractivity contribution is -0.136. The lowest BCUT2D eigenvalue weighted by Gasteiger charge is -2.15. The molecular formula is C20H19NO4. The van der Waals surface area contributed by atoms with Crippen LogP contribution in [0.25, 0.3) is 0 Å². The molecule has 0 bridgehead atoms. The Bertz CT molecular complexity index is 856. The van der Waals surface area contributed by atoms with Crippen molar-refractivity contribution in [2.45, 2.75) is 39.0 Å². The summed E-state index contributed by atoms with van der Waals surface area (Å²) in [4.78, 5) is 28.3. The highest BCUT2D eigenvalue weighted by Crippen LogP contribution is 2.33. The van der Waals surface area contributed by atoms with Gasteiger partial charge in [-0.3, -0.25) is 4.79 Å². The first kappa shape index (κ1) is 17.0. The largest absolute Gasteiger partial charge is 0.456 e. The Morgan fingerprint density at radius 2 is 2.20 bits per heavy atom. The van der Waals surface area contributed by atoms with Gasteiger partial charge in [0.1, 0.15) is 0 Å². The predicted octanol–water partition coefficient (Wildman–Crippen LogP) is 3.06. The Labute approximate surface area is 146 Å². The minimum Gasteiger partial charge on any atom is -0.456 e. The second-order valence-corrected chi connectivity index (χ2v) is 5.93. The highest BCUT2D eigenvalue weighted by molar-refractivity contribution is 6.09. The molecule has 0 spiro atoms. The van der Waals surface area contributed by atoms with Gasteiger partial charge in [0.2, 0.25) is 5.78 Å². The number of oxazole rings is 1. The van der Waals surface area contributed by atoms with Gasteiger partial charge in [0, 0.05) is 17.4 Å². The second-order valence-electron chi connectivity index (χ2n) is 5.93. The van der Waals surface area contributed by atoms with Crippen LogP contribution in [0.4, 0.5) is 0 Å². The Balaban J connectivity index is 2.02. The topological polar surface area (TPSA) is 69.4 Å². The van der Waals surface area contributed by atoms with Gasteiger partial charge in [-0.2, -0.15) is 0 Å². The number of carbonyl (C=O) groups excluding carboxylic acids is 2. The SMILES string of the molecule is CCOC(=O)C#CC(C)c1ccc2c(c1C(=O)c1cnco1)CCC2. The number of fused-ring (bicyclic) bond motifs is 1. The van der Waals surface area contributed by atoms with E-state index in [2.05, 4.69) is 22.9 Å². The van der Waals surface area contributed by atoms with Crippen molar-refractivity contribution in [3.63, 3.8) is 0 Å². The quantitative estimate of drug-likeness (QED) is 0.371. The van der Waals surface area contributed by atoms with E-state index in [4.69, 9.17) is 9.15 Å². The minimum atomic E-state index is -0.557. The molecule has 1 aromatic heterocycles. The zero-order chi connectivity index (χ0) is 17.8. The van der Waals surface area contributed by atoms with E-state index in [9.17, 15) is 9.59 Å². The van der Waals surface area contributed by atoms with Gasteiger partial charge in [0.25, 0.3) is 0 Å². The Hall–Kier alpha value is -2.87. The van der Waals surface area contributed by atoms with Gasteiger partial charge in [-0.05, 0) is 49.8 Å². The van der Waals surface area contributed by atoms with Gasteiger partial charge in [-0.1, -0.05) is 18.1 Å². The molecule has 0 N–H and O–H groups in total. The van der Waals surface area contributed by atoms with E-state index in [-0.39, 0.29) is 24.1 Å². The number of esters is 1. The summed E-state index contributed by atoms with van der Waals surface area (Å²) in [7, 11) is 0. The number of hydrogen-bond donors (Lipinski definition) is 0. The molecule has 3 rings (SSSR count). The summed E-state index contributed by atoms with van der Waals surface area (Å²) in [6.07, 6.45) is 5.53. The zero-order valence-corrected chi connectivity index (χ0v) is 14.3. The molecule has 5 heteroatoms. The van der Waals surface area contributed by atoms with E-state index in [1.165, 1.54) is 18.2 Å². The third kappa shape index (κ3) is 3.48. The van der Waals surface area contributed by atoms with Crippen LogP contribution in [-0.2, 0) is 22.4 Å². The molecule has 1 unspecified atom stereocenters. The molecule has 0 amide bonds. The highest BCUT2D eigenvalue weighted by atomic mass is 16.5. The zero-order valence-electron chi connectivity index (χ0n) is 14.3. The number of carbonyl (C=O) groups is 2. The van der Waals surface area contributed by atoms with Crippen LogP contribution in [0, 0.1) is 11.8 Å². The van der Waals surface area contributed by atoms with Crippen molar-refractivity contribution in [3.8, 4) is 11.8 Å². The normalized spacial score (nSPS) is 13.5. The fraction of sp³-hybridized carbons (Fsp3) is 0.350. The van der Waals surface area contributed by atoms with Crippen LogP contribution >= 0.6 is 0 Å². The van der Waals surface area contributed by atoms with Crippen LogP contribution in [0.2, 0.25) is 0 Å². The molecule has 0 aliphatic heterocycles. The van der Waals surface area contributed by atoms with E-state index >= 15 is 0 Å². The first-order valence-corrected chi connectivity index (χ1v) is 8.38. The maximum absolute atomic E-state index is 13.0. The summed E-state index contributed by atoms with van der Waals surface area (Å²) >= 11 is 0. The van der Waals surface area contributed by atoms with Gasteiger partial charge >= 0.3 is 5.97 Å². The monoisotopic (exact) mass is 337 g/mol. The molecule has 0 fully saturated rings. The minimum absolute atomic E-state index is 0.184. The number of rotatable bonds is 4. The van der Waals surface area contributed by atoms with Crippen LogP contribution in [0.1, 0.15) is 59.0 Å². The molecular weight excluding hydrogens is 318 g/mol. The molecule has 128 valence electrons. The molecule has 0 radical (unpaired) electrons. The maximum atomic E-state index is 13.0. The van der Waals surface area contributed by atoms with Crippen LogP contribution in [0.5, 0.6) is 0 Å². The fourth-order valence-corrected chi connectivity index (χ4v) is 3.18. The Morgan fingerprint density at radius 1 is 1.36 bits per heavy atom. The molecule has 25 heavy (non-hydrogen) atoms. The van der Waals surface area contributed by atoms with Crippen LogP contribution in [0.3, 0.4) is 0 Å². The van der Waals surface area contributed by atoms with Crippen molar-refractivity contribution in [2.24, 2.45) is 0 Å². The molecule has 0 saturated heterocycles. The first-order chi connectivity index (χ1) is 12.1. The number of benzene rings is 1. The van der Waals surface area contributed by atoms with Crippen molar-refractivity contribution >= 4 is 11.8 Å². The number of aryl methyl sites for hydroxylation is 1. The Morgan fingerprint density at radius 3 is 2.92 bits per heavy atom. The number of nitrogens with zero attached hydrogens (tertiary/aromatic N) is 1. The van der Waals surface area contributed by atoms with E-state index < -0.39 is 5.97 Å². The van der Waals surface area contributed by atoms with Crippen molar-refractivity contribution in [1.82, 2.24) is 4.98 Å². The summed E-state index contributed by atoms with van der Waals surface area (Å²) in [6, 6.07) is 3.98. The molecule has 1 aliphatic rings. The average Bonchev–Trinajstić information content (AvgIpc) is 3.29.